The normalized spacial score (nSPS) is 12.4. The van der Waals surface area contributed by atoms with Crippen LogP contribution in [-0.2, 0) is 6.42 Å². The lowest BCUT2D eigenvalue weighted by Gasteiger charge is -2.18. The smallest absolute Gasteiger partial charge is 0.255 e. The molecule has 3 rings (SSSR count). The summed E-state index contributed by atoms with van der Waals surface area (Å²) in [4.78, 5) is 23.5. The van der Waals surface area contributed by atoms with Crippen LogP contribution in [0, 0.1) is 0 Å². The molecule has 0 saturated carbocycles. The molecular formula is C18H19ClN2O2. The van der Waals surface area contributed by atoms with Crippen LogP contribution in [0.5, 0.6) is 0 Å². The first kappa shape index (κ1) is 17.0. The van der Waals surface area contributed by atoms with Gasteiger partial charge in [-0.15, -0.1) is 12.4 Å². The van der Waals surface area contributed by atoms with E-state index in [0.717, 1.165) is 30.8 Å². The third-order valence-electron chi connectivity index (χ3n) is 3.86. The van der Waals surface area contributed by atoms with E-state index in [1.807, 2.05) is 18.2 Å². The molecule has 0 aliphatic carbocycles. The first-order valence-corrected chi connectivity index (χ1v) is 7.42. The summed E-state index contributed by atoms with van der Waals surface area (Å²) in [5.74, 6) is -0.173. The number of benzene rings is 2. The number of amides is 1. The number of rotatable bonds is 3. The molecule has 0 aromatic heterocycles. The number of hydrogen-bond acceptors (Lipinski definition) is 3. The van der Waals surface area contributed by atoms with Gasteiger partial charge in [0.1, 0.15) is 0 Å². The second kappa shape index (κ2) is 7.29. The number of ketones is 1. The van der Waals surface area contributed by atoms with Crippen LogP contribution in [0.2, 0.25) is 0 Å². The topological polar surface area (TPSA) is 58.2 Å². The highest BCUT2D eigenvalue weighted by Crippen LogP contribution is 2.25. The van der Waals surface area contributed by atoms with Crippen molar-refractivity contribution in [2.75, 3.05) is 17.2 Å². The number of Topliss-reactive ketones (excluding diaryl/α,β-unsaturated/α-hetero) is 1. The number of hydrogen-bond donors (Lipinski definition) is 2. The molecule has 120 valence electrons. The molecule has 1 heterocycles. The fraction of sp³-hybridized carbons (Fsp3) is 0.222. The molecule has 1 aliphatic heterocycles. The van der Waals surface area contributed by atoms with Crippen molar-refractivity contribution < 1.29 is 9.59 Å². The average molecular weight is 331 g/mol. The van der Waals surface area contributed by atoms with Gasteiger partial charge in [0.2, 0.25) is 0 Å². The summed E-state index contributed by atoms with van der Waals surface area (Å²) in [6.07, 6.45) is 2.14. The van der Waals surface area contributed by atoms with E-state index < -0.39 is 0 Å². The van der Waals surface area contributed by atoms with Crippen LogP contribution < -0.4 is 10.6 Å². The van der Waals surface area contributed by atoms with E-state index in [9.17, 15) is 9.59 Å². The highest BCUT2D eigenvalue weighted by molar-refractivity contribution is 6.05. The van der Waals surface area contributed by atoms with E-state index in [1.54, 1.807) is 24.3 Å². The second-order valence-corrected chi connectivity index (χ2v) is 5.49. The van der Waals surface area contributed by atoms with Gasteiger partial charge >= 0.3 is 0 Å². The number of nitrogens with one attached hydrogen (secondary N) is 2. The zero-order valence-electron chi connectivity index (χ0n) is 12.9. The Bertz CT molecular complexity index is 726. The molecule has 0 atom stereocenters. The van der Waals surface area contributed by atoms with Gasteiger partial charge in [0.15, 0.2) is 5.78 Å². The number of carbonyl (C=O) groups is 2. The maximum absolute atomic E-state index is 12.3. The molecule has 0 bridgehead atoms. The first-order chi connectivity index (χ1) is 10.6. The predicted molar refractivity (Wildman–Crippen MR) is 94.9 cm³/mol. The Morgan fingerprint density at radius 3 is 2.43 bits per heavy atom. The second-order valence-electron chi connectivity index (χ2n) is 5.49. The van der Waals surface area contributed by atoms with Gasteiger partial charge in [0, 0.05) is 29.0 Å². The van der Waals surface area contributed by atoms with Crippen LogP contribution in [0.25, 0.3) is 0 Å². The van der Waals surface area contributed by atoms with Gasteiger partial charge in [-0.3, -0.25) is 9.59 Å². The fourth-order valence-electron chi connectivity index (χ4n) is 2.61. The summed E-state index contributed by atoms with van der Waals surface area (Å²) in [5.41, 5.74) is 4.33. The molecule has 0 spiro atoms. The van der Waals surface area contributed by atoms with Crippen LogP contribution in [0.4, 0.5) is 11.4 Å². The average Bonchev–Trinajstić information content (AvgIpc) is 2.55. The third kappa shape index (κ3) is 3.90. The third-order valence-corrected chi connectivity index (χ3v) is 3.86. The Kier molecular flexibility index (Phi) is 5.40. The summed E-state index contributed by atoms with van der Waals surface area (Å²) in [7, 11) is 0. The van der Waals surface area contributed by atoms with E-state index in [0.29, 0.717) is 11.1 Å². The molecule has 0 saturated heterocycles. The first-order valence-electron chi connectivity index (χ1n) is 7.42. The van der Waals surface area contributed by atoms with Crippen molar-refractivity contribution in [2.24, 2.45) is 0 Å². The molecule has 0 unspecified atom stereocenters. The van der Waals surface area contributed by atoms with Crippen LogP contribution in [0.15, 0.2) is 42.5 Å². The molecule has 23 heavy (non-hydrogen) atoms. The standard InChI is InChI=1S/C18H18N2O2.ClH/c1-12(21)13-4-6-14(7-5-13)18(22)20-16-8-9-17-15(11-16)3-2-10-19-17;/h4-9,11,19H,2-3,10H2,1H3,(H,20,22);1H. The highest BCUT2D eigenvalue weighted by Gasteiger charge is 2.11. The number of anilines is 2. The maximum Gasteiger partial charge on any atom is 0.255 e. The van der Waals surface area contributed by atoms with Crippen molar-refractivity contribution in [1.82, 2.24) is 0 Å². The minimum absolute atomic E-state index is 0. The van der Waals surface area contributed by atoms with Crippen molar-refractivity contribution in [3.63, 3.8) is 0 Å². The van der Waals surface area contributed by atoms with Gasteiger partial charge in [0.05, 0.1) is 0 Å². The Morgan fingerprint density at radius 1 is 1.04 bits per heavy atom. The van der Waals surface area contributed by atoms with Gasteiger partial charge in [-0.25, -0.2) is 0 Å². The van der Waals surface area contributed by atoms with Crippen molar-refractivity contribution in [1.29, 1.82) is 0 Å². The summed E-state index contributed by atoms with van der Waals surface area (Å²) < 4.78 is 0. The Morgan fingerprint density at radius 2 is 1.74 bits per heavy atom. The highest BCUT2D eigenvalue weighted by atomic mass is 35.5. The Labute approximate surface area is 141 Å². The van der Waals surface area contributed by atoms with Crippen molar-refractivity contribution >= 4 is 35.5 Å². The number of fused-ring (bicyclic) bond motifs is 1. The zero-order chi connectivity index (χ0) is 15.5. The molecule has 4 nitrogen and oxygen atoms in total. The van der Waals surface area contributed by atoms with Crippen molar-refractivity contribution in [3.05, 3.63) is 59.2 Å². The number of aryl methyl sites for hydroxylation is 1. The van der Waals surface area contributed by atoms with Crippen molar-refractivity contribution in [3.8, 4) is 0 Å². The van der Waals surface area contributed by atoms with Gasteiger partial charge < -0.3 is 10.6 Å². The van der Waals surface area contributed by atoms with Crippen LogP contribution in [-0.4, -0.2) is 18.2 Å². The van der Waals surface area contributed by atoms with E-state index >= 15 is 0 Å². The van der Waals surface area contributed by atoms with Crippen molar-refractivity contribution in [2.45, 2.75) is 19.8 Å². The minimum atomic E-state index is -0.168. The Balaban J connectivity index is 0.00000192. The molecule has 2 aromatic carbocycles. The monoisotopic (exact) mass is 330 g/mol. The lowest BCUT2D eigenvalue weighted by molar-refractivity contribution is 0.101. The SMILES string of the molecule is CC(=O)c1ccc(C(=O)Nc2ccc3c(c2)CCCN3)cc1.Cl. The lowest BCUT2D eigenvalue weighted by Crippen LogP contribution is -2.14. The summed E-state index contributed by atoms with van der Waals surface area (Å²) in [6.45, 7) is 2.51. The van der Waals surface area contributed by atoms with Crippen LogP contribution in [0.1, 0.15) is 39.6 Å². The number of carbonyl (C=O) groups excluding carboxylic acids is 2. The molecule has 0 radical (unpaired) electrons. The van der Waals surface area contributed by atoms with Gasteiger partial charge in [-0.05, 0) is 55.7 Å². The summed E-state index contributed by atoms with van der Waals surface area (Å²) in [6, 6.07) is 12.6. The van der Waals surface area contributed by atoms with E-state index in [4.69, 9.17) is 0 Å². The van der Waals surface area contributed by atoms with Gasteiger partial charge in [0.25, 0.3) is 5.91 Å². The van der Waals surface area contributed by atoms with Gasteiger partial charge in [-0.1, -0.05) is 12.1 Å². The molecule has 5 heteroatoms. The Hall–Kier alpha value is -2.33. The van der Waals surface area contributed by atoms with E-state index in [2.05, 4.69) is 10.6 Å². The summed E-state index contributed by atoms with van der Waals surface area (Å²) in [5, 5.41) is 6.25. The molecular weight excluding hydrogens is 312 g/mol. The molecule has 1 amide bonds. The predicted octanol–water partition coefficient (Wildman–Crippen LogP) is 3.92. The fourth-order valence-corrected chi connectivity index (χ4v) is 2.61. The molecule has 2 N–H and O–H groups in total. The van der Waals surface area contributed by atoms with E-state index in [-0.39, 0.29) is 24.1 Å². The molecule has 0 fully saturated rings. The van der Waals surface area contributed by atoms with E-state index in [1.165, 1.54) is 12.5 Å². The quantitative estimate of drug-likeness (QED) is 0.838. The maximum atomic E-state index is 12.3. The van der Waals surface area contributed by atoms with Gasteiger partial charge in [-0.2, -0.15) is 0 Å². The molecule has 1 aliphatic rings. The number of halogens is 1. The lowest BCUT2D eigenvalue weighted by atomic mass is 10.0. The minimum Gasteiger partial charge on any atom is -0.385 e. The largest absolute Gasteiger partial charge is 0.385 e. The molecule has 2 aromatic rings. The zero-order valence-corrected chi connectivity index (χ0v) is 13.7. The summed E-state index contributed by atoms with van der Waals surface area (Å²) >= 11 is 0. The van der Waals surface area contributed by atoms with Crippen LogP contribution >= 0.6 is 12.4 Å². The van der Waals surface area contributed by atoms with Crippen LogP contribution in [0.3, 0.4) is 0 Å².